The predicted molar refractivity (Wildman–Crippen MR) is 74.8 cm³/mol. The van der Waals surface area contributed by atoms with Gasteiger partial charge in [-0.25, -0.2) is 4.68 Å². The number of hydrogen-bond acceptors (Lipinski definition) is 4. The van der Waals surface area contributed by atoms with E-state index in [1.165, 1.54) is 6.92 Å². The Bertz CT molecular complexity index is 498. The minimum Gasteiger partial charge on any atom is -0.355 e. The van der Waals surface area contributed by atoms with Gasteiger partial charge in [-0.2, -0.15) is 16.9 Å². The molecule has 104 valence electrons. The number of nitrogens with one attached hydrogen (secondary N) is 2. The maximum Gasteiger partial charge on any atom is 0.241 e. The van der Waals surface area contributed by atoms with Crippen molar-refractivity contribution in [3.8, 4) is 0 Å². The highest BCUT2D eigenvalue weighted by Crippen LogP contribution is 2.34. The van der Waals surface area contributed by atoms with Gasteiger partial charge < -0.3 is 10.6 Å². The van der Waals surface area contributed by atoms with E-state index in [9.17, 15) is 9.59 Å². The smallest absolute Gasteiger partial charge is 0.241 e. The van der Waals surface area contributed by atoms with Gasteiger partial charge in [0.05, 0.1) is 5.69 Å². The molecule has 6 nitrogen and oxygen atoms in total. The summed E-state index contributed by atoms with van der Waals surface area (Å²) in [5.41, 5.74) is 2.01. The highest BCUT2D eigenvalue weighted by molar-refractivity contribution is 7.98. The molecule has 1 aliphatic heterocycles. The number of fused-ring (bicyclic) bond motifs is 1. The van der Waals surface area contributed by atoms with Crippen molar-refractivity contribution < 1.29 is 9.59 Å². The monoisotopic (exact) mass is 282 g/mol. The van der Waals surface area contributed by atoms with E-state index in [1.807, 2.05) is 6.92 Å². The van der Waals surface area contributed by atoms with E-state index in [0.29, 0.717) is 12.4 Å². The number of amides is 2. The summed E-state index contributed by atoms with van der Waals surface area (Å²) in [7, 11) is 0. The number of rotatable bonds is 5. The van der Waals surface area contributed by atoms with Crippen molar-refractivity contribution in [1.82, 2.24) is 15.1 Å². The van der Waals surface area contributed by atoms with E-state index in [1.54, 1.807) is 16.4 Å². The van der Waals surface area contributed by atoms with Gasteiger partial charge in [0.25, 0.3) is 0 Å². The molecule has 0 fully saturated rings. The lowest BCUT2D eigenvalue weighted by Crippen LogP contribution is -2.29. The molecule has 0 saturated carbocycles. The summed E-state index contributed by atoms with van der Waals surface area (Å²) < 4.78 is 1.59. The molecule has 0 spiro atoms. The number of carbonyl (C=O) groups excluding carboxylic acids is 2. The summed E-state index contributed by atoms with van der Waals surface area (Å²) in [4.78, 5) is 23.0. The molecule has 0 bridgehead atoms. The zero-order valence-corrected chi connectivity index (χ0v) is 12.0. The molecule has 7 heteroatoms. The van der Waals surface area contributed by atoms with Gasteiger partial charge in [-0.3, -0.25) is 9.59 Å². The number of carbonyl (C=O) groups is 2. The number of anilines is 1. The van der Waals surface area contributed by atoms with Crippen molar-refractivity contribution in [1.29, 1.82) is 0 Å². The third-order valence-electron chi connectivity index (χ3n) is 2.78. The summed E-state index contributed by atoms with van der Waals surface area (Å²) in [6, 6.07) is 0. The molecule has 0 aromatic carbocycles. The van der Waals surface area contributed by atoms with Gasteiger partial charge in [-0.05, 0) is 6.42 Å². The van der Waals surface area contributed by atoms with Crippen LogP contribution in [0.4, 0.5) is 5.82 Å². The van der Waals surface area contributed by atoms with Crippen LogP contribution in [0.1, 0.15) is 31.5 Å². The van der Waals surface area contributed by atoms with Gasteiger partial charge >= 0.3 is 0 Å². The second-order valence-corrected chi connectivity index (χ2v) is 5.44. The molecule has 2 amide bonds. The topological polar surface area (TPSA) is 76.0 Å². The van der Waals surface area contributed by atoms with Gasteiger partial charge in [-0.15, -0.1) is 0 Å². The van der Waals surface area contributed by atoms with Crippen LogP contribution < -0.4 is 10.6 Å². The predicted octanol–water partition coefficient (Wildman–Crippen LogP) is 1.11. The minimum atomic E-state index is -0.144. The van der Waals surface area contributed by atoms with Gasteiger partial charge in [0.2, 0.25) is 11.8 Å². The Hall–Kier alpha value is -1.50. The highest BCUT2D eigenvalue weighted by atomic mass is 32.2. The number of nitrogens with zero attached hydrogens (tertiary/aromatic N) is 2. The molecule has 1 aliphatic rings. The third kappa shape index (κ3) is 3.28. The normalized spacial score (nSPS) is 13.2. The average molecular weight is 282 g/mol. The van der Waals surface area contributed by atoms with Crippen molar-refractivity contribution in [2.75, 3.05) is 11.9 Å². The first-order valence-corrected chi connectivity index (χ1v) is 7.48. The SMILES string of the molecule is CCCNC(=O)Cn1nc2c(c1NC(C)=O)CSC2. The van der Waals surface area contributed by atoms with Crippen LogP contribution in [0.15, 0.2) is 0 Å². The molecule has 0 atom stereocenters. The standard InChI is InChI=1S/C12H18N4O2S/c1-3-4-13-11(18)5-16-12(14-8(2)17)9-6-19-7-10(9)15-16/h3-7H2,1-2H3,(H,13,18)(H,14,17). The van der Waals surface area contributed by atoms with Crippen LogP contribution in [-0.4, -0.2) is 28.1 Å². The molecule has 1 aromatic heterocycles. The van der Waals surface area contributed by atoms with E-state index in [0.717, 1.165) is 29.2 Å². The van der Waals surface area contributed by atoms with Crippen molar-refractivity contribution in [2.45, 2.75) is 38.3 Å². The number of thioether (sulfide) groups is 1. The third-order valence-corrected chi connectivity index (χ3v) is 3.75. The summed E-state index contributed by atoms with van der Waals surface area (Å²) in [6.45, 7) is 4.27. The fraction of sp³-hybridized carbons (Fsp3) is 0.583. The van der Waals surface area contributed by atoms with Crippen molar-refractivity contribution in [3.05, 3.63) is 11.3 Å². The van der Waals surface area contributed by atoms with Crippen LogP contribution >= 0.6 is 11.8 Å². The second-order valence-electron chi connectivity index (χ2n) is 4.46. The lowest BCUT2D eigenvalue weighted by molar-refractivity contribution is -0.122. The Kier molecular flexibility index (Phi) is 4.47. The molecule has 2 N–H and O–H groups in total. The van der Waals surface area contributed by atoms with E-state index >= 15 is 0 Å². The molecule has 0 aliphatic carbocycles. The maximum atomic E-state index is 11.7. The van der Waals surface area contributed by atoms with Gasteiger partial charge in [0.1, 0.15) is 12.4 Å². The lowest BCUT2D eigenvalue weighted by Gasteiger charge is -2.09. The van der Waals surface area contributed by atoms with Crippen LogP contribution in [-0.2, 0) is 27.6 Å². The largest absolute Gasteiger partial charge is 0.355 e. The Balaban J connectivity index is 2.15. The molecule has 0 radical (unpaired) electrons. The Labute approximate surface area is 116 Å². The molecule has 0 saturated heterocycles. The van der Waals surface area contributed by atoms with Crippen molar-refractivity contribution in [3.63, 3.8) is 0 Å². The van der Waals surface area contributed by atoms with E-state index in [2.05, 4.69) is 15.7 Å². The first-order chi connectivity index (χ1) is 9.11. The zero-order chi connectivity index (χ0) is 13.8. The van der Waals surface area contributed by atoms with Crippen LogP contribution in [0, 0.1) is 0 Å². The quantitative estimate of drug-likeness (QED) is 0.848. The molecule has 19 heavy (non-hydrogen) atoms. The number of aromatic nitrogens is 2. The summed E-state index contributed by atoms with van der Waals surface area (Å²) >= 11 is 1.76. The molecule has 0 unspecified atom stereocenters. The van der Waals surface area contributed by atoms with Gasteiger partial charge in [-0.1, -0.05) is 6.92 Å². The molecule has 2 rings (SSSR count). The lowest BCUT2D eigenvalue weighted by atomic mass is 10.3. The Morgan fingerprint density at radius 1 is 1.42 bits per heavy atom. The second kappa shape index (κ2) is 6.10. The summed E-state index contributed by atoms with van der Waals surface area (Å²) in [6.07, 6.45) is 0.899. The molecular weight excluding hydrogens is 264 g/mol. The molecule has 2 heterocycles. The van der Waals surface area contributed by atoms with Crippen molar-refractivity contribution >= 4 is 29.4 Å². The van der Waals surface area contributed by atoms with Gasteiger partial charge in [0.15, 0.2) is 0 Å². The fourth-order valence-electron chi connectivity index (χ4n) is 1.94. The van der Waals surface area contributed by atoms with E-state index in [-0.39, 0.29) is 18.4 Å². The first kappa shape index (κ1) is 13.9. The van der Waals surface area contributed by atoms with E-state index < -0.39 is 0 Å². The average Bonchev–Trinajstić information content (AvgIpc) is 2.90. The maximum absolute atomic E-state index is 11.7. The van der Waals surface area contributed by atoms with Gasteiger partial charge in [0, 0.05) is 30.5 Å². The fourth-order valence-corrected chi connectivity index (χ4v) is 2.98. The highest BCUT2D eigenvalue weighted by Gasteiger charge is 2.24. The van der Waals surface area contributed by atoms with Crippen LogP contribution in [0.3, 0.4) is 0 Å². The van der Waals surface area contributed by atoms with Crippen LogP contribution in [0.2, 0.25) is 0 Å². The van der Waals surface area contributed by atoms with E-state index in [4.69, 9.17) is 0 Å². The van der Waals surface area contributed by atoms with Crippen LogP contribution in [0.25, 0.3) is 0 Å². The first-order valence-electron chi connectivity index (χ1n) is 6.32. The Morgan fingerprint density at radius 3 is 2.89 bits per heavy atom. The minimum absolute atomic E-state index is 0.0812. The van der Waals surface area contributed by atoms with Crippen molar-refractivity contribution in [2.24, 2.45) is 0 Å². The number of hydrogen-bond donors (Lipinski definition) is 2. The summed E-state index contributed by atoms with van der Waals surface area (Å²) in [5.74, 6) is 2.11. The molecule has 1 aromatic rings. The molecular formula is C12H18N4O2S. The zero-order valence-electron chi connectivity index (χ0n) is 11.2. The Morgan fingerprint density at radius 2 is 2.21 bits per heavy atom. The van der Waals surface area contributed by atoms with Crippen LogP contribution in [0.5, 0.6) is 0 Å². The summed E-state index contributed by atoms with van der Waals surface area (Å²) in [5, 5.41) is 10.0.